The molecule has 0 bridgehead atoms. The SMILES string of the molecule is CCc1ccc(C2CNCCN2C(=O)CCc2nc(C(C)(C)C)no2)cc1. The monoisotopic (exact) mass is 370 g/mol. The summed E-state index contributed by atoms with van der Waals surface area (Å²) < 4.78 is 5.32. The molecule has 146 valence electrons. The molecule has 1 aliphatic heterocycles. The molecule has 0 aliphatic carbocycles. The van der Waals surface area contributed by atoms with Crippen molar-refractivity contribution in [3.05, 3.63) is 47.1 Å². The smallest absolute Gasteiger partial charge is 0.227 e. The van der Waals surface area contributed by atoms with Crippen molar-refractivity contribution in [1.82, 2.24) is 20.4 Å². The number of hydrogen-bond acceptors (Lipinski definition) is 5. The molecule has 3 rings (SSSR count). The summed E-state index contributed by atoms with van der Waals surface area (Å²) in [7, 11) is 0. The zero-order valence-corrected chi connectivity index (χ0v) is 16.8. The summed E-state index contributed by atoms with van der Waals surface area (Å²) >= 11 is 0. The van der Waals surface area contributed by atoms with Crippen LogP contribution in [0.1, 0.15) is 63.0 Å². The standard InChI is InChI=1S/C21H30N4O2/c1-5-15-6-8-16(9-7-15)17-14-22-12-13-25(17)19(26)11-10-18-23-20(24-27-18)21(2,3)4/h6-9,17,22H,5,10-14H2,1-4H3. The molecule has 6 heteroatoms. The highest BCUT2D eigenvalue weighted by molar-refractivity contribution is 5.77. The van der Waals surface area contributed by atoms with Gasteiger partial charge in [0.2, 0.25) is 11.8 Å². The Morgan fingerprint density at radius 2 is 2.04 bits per heavy atom. The first-order chi connectivity index (χ1) is 12.9. The van der Waals surface area contributed by atoms with Gasteiger partial charge >= 0.3 is 0 Å². The van der Waals surface area contributed by atoms with E-state index in [1.54, 1.807) is 0 Å². The first-order valence-corrected chi connectivity index (χ1v) is 9.80. The fourth-order valence-electron chi connectivity index (χ4n) is 3.29. The quantitative estimate of drug-likeness (QED) is 0.876. The van der Waals surface area contributed by atoms with Gasteiger partial charge in [-0.3, -0.25) is 4.79 Å². The predicted molar refractivity (Wildman–Crippen MR) is 104 cm³/mol. The van der Waals surface area contributed by atoms with Gasteiger partial charge in [-0.1, -0.05) is 57.1 Å². The third-order valence-electron chi connectivity index (χ3n) is 5.03. The van der Waals surface area contributed by atoms with Crippen molar-refractivity contribution in [1.29, 1.82) is 0 Å². The number of amides is 1. The van der Waals surface area contributed by atoms with Crippen LogP contribution in [0.3, 0.4) is 0 Å². The summed E-state index contributed by atoms with van der Waals surface area (Å²) in [6.07, 6.45) is 1.88. The van der Waals surface area contributed by atoms with Crippen LogP contribution >= 0.6 is 0 Å². The topological polar surface area (TPSA) is 71.3 Å². The van der Waals surface area contributed by atoms with Crippen molar-refractivity contribution in [3.8, 4) is 0 Å². The molecule has 0 radical (unpaired) electrons. The lowest BCUT2D eigenvalue weighted by atomic mass is 9.96. The van der Waals surface area contributed by atoms with E-state index in [1.807, 2.05) is 25.7 Å². The fourth-order valence-corrected chi connectivity index (χ4v) is 3.29. The van der Waals surface area contributed by atoms with E-state index < -0.39 is 0 Å². The second-order valence-corrected chi connectivity index (χ2v) is 8.16. The molecule has 1 aromatic heterocycles. The van der Waals surface area contributed by atoms with E-state index in [0.29, 0.717) is 24.6 Å². The minimum absolute atomic E-state index is 0.0741. The molecule has 0 saturated carbocycles. The van der Waals surface area contributed by atoms with E-state index in [9.17, 15) is 4.79 Å². The first kappa shape index (κ1) is 19.5. The van der Waals surface area contributed by atoms with E-state index in [-0.39, 0.29) is 17.4 Å². The van der Waals surface area contributed by atoms with Crippen LogP contribution in [0.5, 0.6) is 0 Å². The molecule has 6 nitrogen and oxygen atoms in total. The van der Waals surface area contributed by atoms with Crippen molar-refractivity contribution >= 4 is 5.91 Å². The van der Waals surface area contributed by atoms with E-state index in [2.05, 4.69) is 46.6 Å². The average Bonchev–Trinajstić information content (AvgIpc) is 3.16. The minimum Gasteiger partial charge on any atom is -0.339 e. The third kappa shape index (κ3) is 4.75. The minimum atomic E-state index is -0.153. The molecule has 1 atom stereocenters. The maximum Gasteiger partial charge on any atom is 0.227 e. The van der Waals surface area contributed by atoms with Crippen LogP contribution in [0.4, 0.5) is 0 Å². The highest BCUT2D eigenvalue weighted by atomic mass is 16.5. The zero-order valence-electron chi connectivity index (χ0n) is 16.8. The van der Waals surface area contributed by atoms with Crippen molar-refractivity contribution in [2.24, 2.45) is 0 Å². The van der Waals surface area contributed by atoms with Crippen LogP contribution in [0.15, 0.2) is 28.8 Å². The Kier molecular flexibility index (Phi) is 5.95. The van der Waals surface area contributed by atoms with Gasteiger partial charge in [-0.15, -0.1) is 0 Å². The Morgan fingerprint density at radius 3 is 2.67 bits per heavy atom. The number of benzene rings is 1. The van der Waals surface area contributed by atoms with E-state index >= 15 is 0 Å². The van der Waals surface area contributed by atoms with Gasteiger partial charge in [-0.2, -0.15) is 4.98 Å². The maximum absolute atomic E-state index is 12.9. The van der Waals surface area contributed by atoms with Gasteiger partial charge in [0.15, 0.2) is 5.82 Å². The van der Waals surface area contributed by atoms with Crippen molar-refractivity contribution in [2.75, 3.05) is 19.6 Å². The molecule has 2 aromatic rings. The van der Waals surface area contributed by atoms with Gasteiger partial charge in [0.05, 0.1) is 6.04 Å². The summed E-state index contributed by atoms with van der Waals surface area (Å²) in [6, 6.07) is 8.66. The van der Waals surface area contributed by atoms with Gasteiger partial charge < -0.3 is 14.7 Å². The van der Waals surface area contributed by atoms with Crippen LogP contribution in [-0.2, 0) is 23.1 Å². The molecular weight excluding hydrogens is 340 g/mol. The number of nitrogens with one attached hydrogen (secondary N) is 1. The molecule has 1 saturated heterocycles. The van der Waals surface area contributed by atoms with Gasteiger partial charge in [-0.25, -0.2) is 0 Å². The lowest BCUT2D eigenvalue weighted by molar-refractivity contribution is -0.134. The second kappa shape index (κ2) is 8.21. The molecule has 2 heterocycles. The molecule has 0 spiro atoms. The predicted octanol–water partition coefficient (Wildman–Crippen LogP) is 3.04. The van der Waals surface area contributed by atoms with Crippen molar-refractivity contribution < 1.29 is 9.32 Å². The Morgan fingerprint density at radius 1 is 1.30 bits per heavy atom. The molecule has 27 heavy (non-hydrogen) atoms. The molecule has 1 unspecified atom stereocenters. The number of nitrogens with zero attached hydrogens (tertiary/aromatic N) is 3. The van der Waals surface area contributed by atoms with Gasteiger partial charge in [0, 0.05) is 37.9 Å². The normalized spacial score (nSPS) is 17.9. The molecule has 1 fully saturated rings. The van der Waals surface area contributed by atoms with Gasteiger partial charge in [-0.05, 0) is 17.5 Å². The molecule has 1 N–H and O–H groups in total. The van der Waals surface area contributed by atoms with Crippen molar-refractivity contribution in [2.45, 2.75) is 58.4 Å². The number of aromatic nitrogens is 2. The lowest BCUT2D eigenvalue weighted by Crippen LogP contribution is -2.48. The number of carbonyl (C=O) groups excluding carboxylic acids is 1. The number of carbonyl (C=O) groups is 1. The van der Waals surface area contributed by atoms with Crippen molar-refractivity contribution in [3.63, 3.8) is 0 Å². The Hall–Kier alpha value is -2.21. The molecule has 1 amide bonds. The Labute approximate surface area is 161 Å². The maximum atomic E-state index is 12.9. The number of aryl methyl sites for hydroxylation is 2. The number of hydrogen-bond donors (Lipinski definition) is 1. The fraction of sp³-hybridized carbons (Fsp3) is 0.571. The average molecular weight is 370 g/mol. The lowest BCUT2D eigenvalue weighted by Gasteiger charge is -2.36. The van der Waals surface area contributed by atoms with Crippen LogP contribution in [0.25, 0.3) is 0 Å². The Balaban J connectivity index is 1.65. The molecular formula is C21H30N4O2. The summed E-state index contributed by atoms with van der Waals surface area (Å²) in [5, 5.41) is 7.44. The second-order valence-electron chi connectivity index (χ2n) is 8.16. The number of rotatable bonds is 5. The first-order valence-electron chi connectivity index (χ1n) is 9.80. The van der Waals surface area contributed by atoms with E-state index in [0.717, 1.165) is 26.1 Å². The highest BCUT2D eigenvalue weighted by Crippen LogP contribution is 2.24. The number of piperazine rings is 1. The van der Waals surface area contributed by atoms with Crippen LogP contribution in [0, 0.1) is 0 Å². The largest absolute Gasteiger partial charge is 0.339 e. The van der Waals surface area contributed by atoms with E-state index in [4.69, 9.17) is 4.52 Å². The highest BCUT2D eigenvalue weighted by Gasteiger charge is 2.28. The summed E-state index contributed by atoms with van der Waals surface area (Å²) in [6.45, 7) is 10.6. The van der Waals surface area contributed by atoms with Crippen LogP contribution in [0.2, 0.25) is 0 Å². The zero-order chi connectivity index (χ0) is 19.4. The molecule has 1 aromatic carbocycles. The Bertz CT molecular complexity index is 761. The summed E-state index contributed by atoms with van der Waals surface area (Å²) in [4.78, 5) is 19.3. The van der Waals surface area contributed by atoms with Gasteiger partial charge in [0.25, 0.3) is 0 Å². The van der Waals surface area contributed by atoms with E-state index in [1.165, 1.54) is 11.1 Å². The summed E-state index contributed by atoms with van der Waals surface area (Å²) in [5.41, 5.74) is 2.34. The third-order valence-corrected chi connectivity index (χ3v) is 5.03. The molecule has 1 aliphatic rings. The van der Waals surface area contributed by atoms with Gasteiger partial charge in [0.1, 0.15) is 0 Å². The van der Waals surface area contributed by atoms with Crippen LogP contribution < -0.4 is 5.32 Å². The summed E-state index contributed by atoms with van der Waals surface area (Å²) in [5.74, 6) is 1.35. The van der Waals surface area contributed by atoms with Crippen LogP contribution in [-0.4, -0.2) is 40.6 Å².